The molecule has 15 heteroatoms. The molecule has 6 atom stereocenters. The Morgan fingerprint density at radius 2 is 1.39 bits per heavy atom. The Kier molecular flexibility index (Phi) is 14.8. The second-order valence-electron chi connectivity index (χ2n) is 10.7. The molecule has 0 aliphatic carbocycles. The van der Waals surface area contributed by atoms with Crippen LogP contribution in [0.1, 0.15) is 72.6 Å². The summed E-state index contributed by atoms with van der Waals surface area (Å²) >= 11 is 0. The quantitative estimate of drug-likeness (QED) is 0.0989. The first-order chi connectivity index (χ1) is 19.2. The van der Waals surface area contributed by atoms with Gasteiger partial charge >= 0.3 is 17.9 Å². The minimum absolute atomic E-state index is 0.108. The lowest BCUT2D eigenvalue weighted by Gasteiger charge is -2.29. The molecule has 1 rings (SSSR count). The fraction of sp³-hybridized carbons (Fsp3) is 0.731. The molecule has 0 aromatic carbocycles. The van der Waals surface area contributed by atoms with Crippen LogP contribution in [0.25, 0.3) is 0 Å². The number of hydrogen-bond donors (Lipinski definition) is 8. The number of amides is 4. The number of aliphatic carboxylic acids is 3. The fourth-order valence-corrected chi connectivity index (χ4v) is 4.28. The smallest absolute Gasteiger partial charge is 0.326 e. The molecular weight excluding hydrogens is 542 g/mol. The van der Waals surface area contributed by atoms with Crippen LogP contribution in [0.2, 0.25) is 0 Å². The maximum atomic E-state index is 13.3. The molecule has 41 heavy (non-hydrogen) atoms. The molecule has 1 aliphatic rings. The zero-order valence-electron chi connectivity index (χ0n) is 23.9. The molecule has 232 valence electrons. The van der Waals surface area contributed by atoms with E-state index >= 15 is 0 Å². The first-order valence-electron chi connectivity index (χ1n) is 13.8. The van der Waals surface area contributed by atoms with Gasteiger partial charge < -0.3 is 41.9 Å². The van der Waals surface area contributed by atoms with Crippen LogP contribution < -0.4 is 26.6 Å². The fourth-order valence-electron chi connectivity index (χ4n) is 4.28. The number of carboxylic acids is 3. The van der Waals surface area contributed by atoms with Gasteiger partial charge in [0.05, 0.1) is 12.5 Å². The molecule has 1 heterocycles. The Bertz CT molecular complexity index is 966. The second-order valence-corrected chi connectivity index (χ2v) is 10.7. The van der Waals surface area contributed by atoms with E-state index in [0.29, 0.717) is 19.4 Å². The van der Waals surface area contributed by atoms with Crippen molar-refractivity contribution in [1.82, 2.24) is 26.6 Å². The normalized spacial score (nSPS) is 18.3. The van der Waals surface area contributed by atoms with Crippen LogP contribution >= 0.6 is 0 Å². The van der Waals surface area contributed by atoms with Crippen LogP contribution in [0.3, 0.4) is 0 Å². The lowest BCUT2D eigenvalue weighted by Crippen LogP contribution is -2.59. The molecule has 0 aromatic rings. The molecule has 0 aromatic heterocycles. The molecule has 1 saturated heterocycles. The van der Waals surface area contributed by atoms with Crippen LogP contribution in [0.4, 0.5) is 0 Å². The largest absolute Gasteiger partial charge is 0.481 e. The highest BCUT2D eigenvalue weighted by molar-refractivity contribution is 5.96. The van der Waals surface area contributed by atoms with Crippen molar-refractivity contribution in [2.24, 2.45) is 11.8 Å². The summed E-state index contributed by atoms with van der Waals surface area (Å²) in [5.41, 5.74) is 0. The summed E-state index contributed by atoms with van der Waals surface area (Å²) in [6, 6.07) is -5.89. The summed E-state index contributed by atoms with van der Waals surface area (Å²) in [6.45, 7) is 7.92. The van der Waals surface area contributed by atoms with E-state index < -0.39 is 85.1 Å². The summed E-state index contributed by atoms with van der Waals surface area (Å²) in [5.74, 6) is -7.63. The molecule has 1 fully saturated rings. The molecule has 8 N–H and O–H groups in total. The van der Waals surface area contributed by atoms with Gasteiger partial charge in [-0.25, -0.2) is 4.79 Å². The van der Waals surface area contributed by atoms with Gasteiger partial charge in [-0.1, -0.05) is 34.1 Å². The summed E-state index contributed by atoms with van der Waals surface area (Å²) in [4.78, 5) is 85.7. The Balaban J connectivity index is 3.12. The molecule has 0 unspecified atom stereocenters. The highest BCUT2D eigenvalue weighted by atomic mass is 16.4. The predicted octanol–water partition coefficient (Wildman–Crippen LogP) is -0.806. The first-order valence-corrected chi connectivity index (χ1v) is 13.8. The molecule has 0 radical (unpaired) electrons. The highest BCUT2D eigenvalue weighted by Crippen LogP contribution is 2.13. The summed E-state index contributed by atoms with van der Waals surface area (Å²) in [5, 5.41) is 40.2. The predicted molar refractivity (Wildman–Crippen MR) is 144 cm³/mol. The van der Waals surface area contributed by atoms with Crippen LogP contribution in [0.5, 0.6) is 0 Å². The maximum Gasteiger partial charge on any atom is 0.326 e. The molecule has 4 amide bonds. The minimum atomic E-state index is -1.82. The van der Waals surface area contributed by atoms with Crippen molar-refractivity contribution in [1.29, 1.82) is 0 Å². The van der Waals surface area contributed by atoms with E-state index in [1.165, 1.54) is 0 Å². The van der Waals surface area contributed by atoms with Crippen molar-refractivity contribution < 1.29 is 48.9 Å². The molecule has 0 spiro atoms. The zero-order chi connectivity index (χ0) is 31.3. The zero-order valence-corrected chi connectivity index (χ0v) is 23.9. The van der Waals surface area contributed by atoms with Crippen molar-refractivity contribution in [3.05, 3.63) is 0 Å². The Hall–Kier alpha value is -3.75. The number of rotatable bonds is 18. The maximum absolute atomic E-state index is 13.3. The molecule has 15 nitrogen and oxygen atoms in total. The average molecular weight is 586 g/mol. The summed E-state index contributed by atoms with van der Waals surface area (Å²) < 4.78 is 0. The topological polar surface area (TPSA) is 240 Å². The van der Waals surface area contributed by atoms with Gasteiger partial charge in [-0.05, 0) is 44.1 Å². The number of carboxylic acid groups (broad SMARTS) is 3. The molecule has 0 saturated carbocycles. The molecular formula is C26H43N5O10. The van der Waals surface area contributed by atoms with Crippen LogP contribution in [-0.4, -0.2) is 93.6 Å². The SMILES string of the molecule is CC[C@H](C)[C@H](NC(=O)[C@@H]1CCCN1)C(=O)N[C@@H](CC(C)C)C(=O)N[C@@H](CCC(=O)O)C(=O)N[C@@H](CC(=O)O)C(=O)O. The summed E-state index contributed by atoms with van der Waals surface area (Å²) in [6.07, 6.45) is 0.222. The number of carbonyl (C=O) groups excluding carboxylic acids is 4. The standard InChI is InChI=1S/C26H43N5O10/c1-5-14(4)21(31-22(36)15-7-6-10-27-15)25(39)29-17(11-13(2)3)24(38)28-16(8-9-19(32)33)23(37)30-18(26(40)41)12-20(34)35/h13-18,21,27H,5-12H2,1-4H3,(H,28,38)(H,29,39)(H,30,37)(H,31,36)(H,32,33)(H,34,35)(H,40,41)/t14-,15-,16-,17-,18-,21-/m0/s1. The second kappa shape index (κ2) is 17.1. The third kappa shape index (κ3) is 12.5. The van der Waals surface area contributed by atoms with Gasteiger partial charge in [0.2, 0.25) is 23.6 Å². The third-order valence-corrected chi connectivity index (χ3v) is 6.78. The van der Waals surface area contributed by atoms with Crippen molar-refractivity contribution in [2.75, 3.05) is 6.54 Å². The van der Waals surface area contributed by atoms with Gasteiger partial charge in [0.25, 0.3) is 0 Å². The first kappa shape index (κ1) is 35.3. The highest BCUT2D eigenvalue weighted by Gasteiger charge is 2.34. The minimum Gasteiger partial charge on any atom is -0.481 e. The van der Waals surface area contributed by atoms with E-state index in [1.54, 1.807) is 20.8 Å². The Morgan fingerprint density at radius 1 is 0.805 bits per heavy atom. The van der Waals surface area contributed by atoms with Crippen LogP contribution in [0.15, 0.2) is 0 Å². The van der Waals surface area contributed by atoms with E-state index in [-0.39, 0.29) is 24.2 Å². The number of carbonyl (C=O) groups is 7. The van der Waals surface area contributed by atoms with Crippen molar-refractivity contribution in [2.45, 2.75) is 103 Å². The van der Waals surface area contributed by atoms with Gasteiger partial charge in [-0.15, -0.1) is 0 Å². The van der Waals surface area contributed by atoms with Gasteiger partial charge in [-0.3, -0.25) is 28.8 Å². The average Bonchev–Trinajstić information content (AvgIpc) is 3.42. The van der Waals surface area contributed by atoms with Crippen LogP contribution in [0, 0.1) is 11.8 Å². The van der Waals surface area contributed by atoms with E-state index in [9.17, 15) is 38.7 Å². The molecule has 1 aliphatic heterocycles. The van der Waals surface area contributed by atoms with Gasteiger partial charge in [0.15, 0.2) is 0 Å². The lowest BCUT2D eigenvalue weighted by molar-refractivity contribution is -0.147. The van der Waals surface area contributed by atoms with Gasteiger partial charge in [0.1, 0.15) is 24.2 Å². The van der Waals surface area contributed by atoms with Crippen molar-refractivity contribution in [3.8, 4) is 0 Å². The monoisotopic (exact) mass is 585 g/mol. The Labute approximate surface area is 238 Å². The number of hydrogen-bond acceptors (Lipinski definition) is 8. The van der Waals surface area contributed by atoms with E-state index in [2.05, 4.69) is 21.3 Å². The van der Waals surface area contributed by atoms with Crippen molar-refractivity contribution >= 4 is 41.5 Å². The van der Waals surface area contributed by atoms with E-state index in [1.807, 2.05) is 12.2 Å². The third-order valence-electron chi connectivity index (χ3n) is 6.78. The summed E-state index contributed by atoms with van der Waals surface area (Å²) in [7, 11) is 0. The van der Waals surface area contributed by atoms with Gasteiger partial charge in [-0.2, -0.15) is 0 Å². The van der Waals surface area contributed by atoms with Gasteiger partial charge in [0, 0.05) is 6.42 Å². The Morgan fingerprint density at radius 3 is 1.88 bits per heavy atom. The van der Waals surface area contributed by atoms with E-state index in [4.69, 9.17) is 10.2 Å². The van der Waals surface area contributed by atoms with E-state index in [0.717, 1.165) is 6.42 Å². The van der Waals surface area contributed by atoms with Crippen molar-refractivity contribution in [3.63, 3.8) is 0 Å². The lowest BCUT2D eigenvalue weighted by atomic mass is 9.96. The van der Waals surface area contributed by atoms with Crippen LogP contribution in [-0.2, 0) is 33.6 Å². The number of nitrogens with one attached hydrogen (secondary N) is 5. The molecule has 0 bridgehead atoms.